The summed E-state index contributed by atoms with van der Waals surface area (Å²) in [5, 5.41) is 0. The summed E-state index contributed by atoms with van der Waals surface area (Å²) < 4.78 is 80.9. The number of benzene rings is 6. The molecule has 0 aliphatic heterocycles. The highest BCUT2D eigenvalue weighted by atomic mass is 15.0. The minimum Gasteiger partial charge on any atom is -0.201 e. The SMILES string of the molecule is Cc1cc(-c2c(C)cccc2C)[n+](C)cc1C.Cc1cccc(-c2c(C)ccc(C)[n+]2C)c1C.Cc1cccc(-c2c(C)ccc(C)[n+]2C)c1C.[2H]C([2H])([2H])c1c[n+](C)c(-c2c(C)cccc2C)cc1C.[2H]C([2H])([2H])c1ccc(C)c(-c2cccc(C)c2C)[n+]1C.[2H]C([2H])([2H])c1ccc(C)c(-c2cccc(C)c2C)[n+]1C. The molecule has 6 heteroatoms. The van der Waals surface area contributed by atoms with Gasteiger partial charge >= 0.3 is 0 Å². The van der Waals surface area contributed by atoms with Crippen molar-refractivity contribution < 1.29 is 39.7 Å². The highest BCUT2D eigenvalue weighted by Gasteiger charge is 2.24. The Morgan fingerprint density at radius 3 is 0.725 bits per heavy atom. The van der Waals surface area contributed by atoms with Crippen LogP contribution in [0, 0.1) is 166 Å². The van der Waals surface area contributed by atoms with E-state index in [-0.39, 0.29) is 0 Å². The molecule has 102 heavy (non-hydrogen) atoms. The van der Waals surface area contributed by atoms with Crippen LogP contribution in [0.4, 0.5) is 0 Å². The Bertz CT molecular complexity index is 5140. The molecule has 0 bridgehead atoms. The molecule has 0 spiro atoms. The third-order valence-corrected chi connectivity index (χ3v) is 20.9. The summed E-state index contributed by atoms with van der Waals surface area (Å²) in [6.07, 6.45) is 3.93. The maximum Gasteiger partial charge on any atom is 0.215 e. The predicted molar refractivity (Wildman–Crippen MR) is 432 cm³/mol. The molecule has 6 aromatic carbocycles. The summed E-state index contributed by atoms with van der Waals surface area (Å²) in [5.41, 5.74) is 41.6. The van der Waals surface area contributed by atoms with Crippen LogP contribution in [0.1, 0.15) is 146 Å². The van der Waals surface area contributed by atoms with Crippen molar-refractivity contribution in [3.63, 3.8) is 0 Å². The number of hydrogen-bond acceptors (Lipinski definition) is 0. The molecule has 0 saturated carbocycles. The molecular weight excluding hydrogens is 1240 g/mol. The standard InChI is InChI=1S/6C16H20N/c2*1-11-7-6-8-12(2)16(11)15-9-13(3)14(4)10-17(15)5;4*1-11-7-6-8-15(14(11)4)16-12(2)9-10-13(3)17(16)5/h6*6-10H,1-5H3/q6*+1/i4D3;;2*3D3;;. The van der Waals surface area contributed by atoms with Crippen LogP contribution in [-0.2, 0) is 42.3 Å². The second kappa shape index (κ2) is 34.7. The van der Waals surface area contributed by atoms with Gasteiger partial charge in [0.15, 0.2) is 35.2 Å². The zero-order valence-corrected chi connectivity index (χ0v) is 66.5. The topological polar surface area (TPSA) is 23.3 Å². The largest absolute Gasteiger partial charge is 0.215 e. The molecule has 528 valence electrons. The van der Waals surface area contributed by atoms with Crippen molar-refractivity contribution in [2.24, 2.45) is 42.3 Å². The Hall–Kier alpha value is -9.78. The van der Waals surface area contributed by atoms with Gasteiger partial charge in [-0.15, -0.1) is 0 Å². The molecule has 0 aliphatic rings. The van der Waals surface area contributed by atoms with Gasteiger partial charge in [-0.3, -0.25) is 0 Å². The van der Waals surface area contributed by atoms with E-state index in [9.17, 15) is 0 Å². The second-order valence-corrected chi connectivity index (χ2v) is 28.3. The lowest BCUT2D eigenvalue weighted by Gasteiger charge is -2.10. The Labute approximate surface area is 628 Å². The summed E-state index contributed by atoms with van der Waals surface area (Å²) in [6.45, 7) is 38.1. The van der Waals surface area contributed by atoms with Gasteiger partial charge < -0.3 is 0 Å². The molecule has 0 N–H and O–H groups in total. The van der Waals surface area contributed by atoms with E-state index in [2.05, 4.69) is 275 Å². The molecule has 0 atom stereocenters. The lowest BCUT2D eigenvalue weighted by Crippen LogP contribution is -2.35. The number of aryl methyl sites for hydroxylation is 22. The second-order valence-electron chi connectivity index (χ2n) is 28.3. The molecule has 0 saturated heterocycles. The Morgan fingerprint density at radius 2 is 0.451 bits per heavy atom. The first kappa shape index (κ1) is 66.8. The fourth-order valence-corrected chi connectivity index (χ4v) is 13.5. The van der Waals surface area contributed by atoms with Crippen molar-refractivity contribution in [3.8, 4) is 67.5 Å². The van der Waals surface area contributed by atoms with Crippen molar-refractivity contribution in [2.75, 3.05) is 0 Å². The molecule has 0 amide bonds. The van der Waals surface area contributed by atoms with E-state index in [1.807, 2.05) is 95.0 Å². The van der Waals surface area contributed by atoms with Crippen LogP contribution < -0.4 is 27.4 Å². The third-order valence-electron chi connectivity index (χ3n) is 20.9. The van der Waals surface area contributed by atoms with Crippen molar-refractivity contribution in [1.29, 1.82) is 0 Å². The van der Waals surface area contributed by atoms with Crippen molar-refractivity contribution in [2.45, 2.75) is 166 Å². The summed E-state index contributed by atoms with van der Waals surface area (Å²) in [6, 6.07) is 58.1. The Kier molecular flexibility index (Phi) is 22.7. The molecule has 6 aromatic heterocycles. The van der Waals surface area contributed by atoms with Crippen LogP contribution in [0.25, 0.3) is 67.5 Å². The van der Waals surface area contributed by atoms with Gasteiger partial charge in [0, 0.05) is 132 Å². The maximum atomic E-state index is 7.65. The van der Waals surface area contributed by atoms with Gasteiger partial charge in [-0.25, -0.2) is 9.13 Å². The predicted octanol–water partition coefficient (Wildman–Crippen LogP) is 20.5. The summed E-state index contributed by atoms with van der Waals surface area (Å²) in [4.78, 5) is 0. The van der Waals surface area contributed by atoms with E-state index in [0.29, 0.717) is 17.0 Å². The number of pyridine rings is 6. The smallest absolute Gasteiger partial charge is 0.201 e. The van der Waals surface area contributed by atoms with Gasteiger partial charge in [0.1, 0.15) is 42.3 Å². The minimum absolute atomic E-state index is 0.360. The maximum absolute atomic E-state index is 7.65. The highest BCUT2D eigenvalue weighted by Crippen LogP contribution is 2.32. The summed E-state index contributed by atoms with van der Waals surface area (Å²) >= 11 is 0. The van der Waals surface area contributed by atoms with Gasteiger partial charge in [0.05, 0.1) is 11.1 Å². The molecule has 0 aliphatic carbocycles. The number of aromatic nitrogens is 6. The fourth-order valence-electron chi connectivity index (χ4n) is 13.5. The van der Waals surface area contributed by atoms with Gasteiger partial charge in [0.2, 0.25) is 34.2 Å². The Balaban J connectivity index is 0.000000185. The highest BCUT2D eigenvalue weighted by molar-refractivity contribution is 5.70. The van der Waals surface area contributed by atoms with Crippen LogP contribution in [0.5, 0.6) is 0 Å². The van der Waals surface area contributed by atoms with Gasteiger partial charge in [-0.1, -0.05) is 84.9 Å². The molecular formula is C96H120N6+6. The quantitative estimate of drug-likeness (QED) is 0.148. The van der Waals surface area contributed by atoms with Crippen LogP contribution in [0.15, 0.2) is 182 Å². The zero-order chi connectivity index (χ0) is 83.0. The van der Waals surface area contributed by atoms with Crippen LogP contribution >= 0.6 is 0 Å². The molecule has 6 nitrogen and oxygen atoms in total. The van der Waals surface area contributed by atoms with Gasteiger partial charge in [-0.05, 0) is 265 Å². The van der Waals surface area contributed by atoms with E-state index in [1.165, 1.54) is 140 Å². The van der Waals surface area contributed by atoms with E-state index < -0.39 is 20.6 Å². The lowest BCUT2D eigenvalue weighted by molar-refractivity contribution is -0.667. The van der Waals surface area contributed by atoms with Crippen molar-refractivity contribution >= 4 is 0 Å². The molecule has 12 rings (SSSR count). The first-order chi connectivity index (χ1) is 51.7. The molecule has 6 heterocycles. The third kappa shape index (κ3) is 18.3. The number of nitrogens with zero attached hydrogens (tertiary/aromatic N) is 6. The molecule has 12 aromatic rings. The van der Waals surface area contributed by atoms with Crippen LogP contribution in [0.2, 0.25) is 0 Å². The monoisotopic (exact) mass is 1370 g/mol. The summed E-state index contributed by atoms with van der Waals surface area (Å²) in [5.74, 6) is 0. The van der Waals surface area contributed by atoms with Crippen LogP contribution in [0.3, 0.4) is 0 Å². The van der Waals surface area contributed by atoms with E-state index in [1.54, 1.807) is 27.5 Å². The lowest BCUT2D eigenvalue weighted by atomic mass is 9.97. The van der Waals surface area contributed by atoms with Crippen molar-refractivity contribution in [3.05, 3.63) is 316 Å². The fraction of sp³-hybridized carbons (Fsp3) is 0.312. The van der Waals surface area contributed by atoms with E-state index in [4.69, 9.17) is 12.3 Å². The normalized spacial score (nSPS) is 12.3. The molecule has 0 radical (unpaired) electrons. The van der Waals surface area contributed by atoms with E-state index in [0.717, 1.165) is 44.9 Å². The van der Waals surface area contributed by atoms with Crippen molar-refractivity contribution in [1.82, 2.24) is 0 Å². The number of rotatable bonds is 6. The van der Waals surface area contributed by atoms with Gasteiger partial charge in [-0.2, -0.15) is 18.3 Å². The zero-order valence-electron chi connectivity index (χ0n) is 75.5. The number of hydrogen-bond donors (Lipinski definition) is 0. The molecule has 0 fully saturated rings. The van der Waals surface area contributed by atoms with Crippen LogP contribution in [-0.4, -0.2) is 0 Å². The average Bonchev–Trinajstić information content (AvgIpc) is 0.788. The molecule has 0 unspecified atom stereocenters. The van der Waals surface area contributed by atoms with E-state index >= 15 is 0 Å². The average molecular weight is 1370 g/mol. The first-order valence-corrected chi connectivity index (χ1v) is 35.5. The first-order valence-electron chi connectivity index (χ1n) is 40.0. The van der Waals surface area contributed by atoms with Gasteiger partial charge in [0.25, 0.3) is 0 Å². The minimum atomic E-state index is -2.10. The summed E-state index contributed by atoms with van der Waals surface area (Å²) in [7, 11) is 11.9. The Morgan fingerprint density at radius 1 is 0.216 bits per heavy atom.